The van der Waals surface area contributed by atoms with Crippen molar-refractivity contribution < 1.29 is 19.0 Å². The van der Waals surface area contributed by atoms with Gasteiger partial charge in [-0.25, -0.2) is 4.39 Å². The molecule has 0 saturated heterocycles. The molecule has 0 spiro atoms. The number of benzene rings is 2. The number of carbonyl (C=O) groups is 1. The van der Waals surface area contributed by atoms with Gasteiger partial charge in [0.25, 0.3) is 5.91 Å². The largest absolute Gasteiger partial charge is 0.508 e. The highest BCUT2D eigenvalue weighted by Crippen LogP contribution is 2.32. The van der Waals surface area contributed by atoms with Crippen LogP contribution < -0.4 is 16.2 Å². The smallest absolute Gasteiger partial charge is 0.252 e. The molecule has 0 aliphatic rings. The van der Waals surface area contributed by atoms with E-state index in [4.69, 9.17) is 16.2 Å². The summed E-state index contributed by atoms with van der Waals surface area (Å²) < 4.78 is 21.7. The van der Waals surface area contributed by atoms with Gasteiger partial charge in [-0.1, -0.05) is 0 Å². The fourth-order valence-corrected chi connectivity index (χ4v) is 2.88. The summed E-state index contributed by atoms with van der Waals surface area (Å²) in [7, 11) is 1.78. The van der Waals surface area contributed by atoms with Gasteiger partial charge in [0, 0.05) is 18.1 Å². The summed E-state index contributed by atoms with van der Waals surface area (Å²) in [5, 5.41) is 9.95. The Labute approximate surface area is 143 Å². The molecule has 0 bridgehead atoms. The standard InChI is InChI=1S/C18H18FN3O3/c1-9(25-17-4-3-11(23)7-13(17)18(21)24)15-8-12-14(19)5-10(20)6-16(12)22(15)2/h3-9,23H,20H2,1-2H3,(H2,21,24)/t9-/m1/s1. The number of aromatic hydroxyl groups is 1. The second kappa shape index (κ2) is 6.01. The van der Waals surface area contributed by atoms with Crippen LogP contribution in [0.1, 0.15) is 29.1 Å². The Morgan fingerprint density at radius 2 is 2.00 bits per heavy atom. The zero-order valence-corrected chi connectivity index (χ0v) is 13.8. The van der Waals surface area contributed by atoms with Crippen molar-refractivity contribution >= 4 is 22.5 Å². The quantitative estimate of drug-likeness (QED) is 0.634. The number of carbonyl (C=O) groups excluding carboxylic acids is 1. The molecule has 0 aliphatic heterocycles. The maximum atomic E-state index is 14.1. The van der Waals surface area contributed by atoms with Crippen LogP contribution in [0.4, 0.5) is 10.1 Å². The van der Waals surface area contributed by atoms with Crippen molar-refractivity contribution in [1.29, 1.82) is 0 Å². The molecule has 1 amide bonds. The number of aryl methyl sites for hydroxylation is 1. The van der Waals surface area contributed by atoms with E-state index in [9.17, 15) is 14.3 Å². The summed E-state index contributed by atoms with van der Waals surface area (Å²) in [6, 6.07) is 8.74. The lowest BCUT2D eigenvalue weighted by Crippen LogP contribution is -2.15. The van der Waals surface area contributed by atoms with Crippen LogP contribution in [0.2, 0.25) is 0 Å². The number of anilines is 1. The number of nitrogen functional groups attached to an aromatic ring is 1. The van der Waals surface area contributed by atoms with Crippen molar-refractivity contribution in [3.8, 4) is 11.5 Å². The number of rotatable bonds is 4. The number of primary amides is 1. The highest BCUT2D eigenvalue weighted by molar-refractivity contribution is 5.96. The fourth-order valence-electron chi connectivity index (χ4n) is 2.88. The Morgan fingerprint density at radius 1 is 1.28 bits per heavy atom. The Morgan fingerprint density at radius 3 is 2.68 bits per heavy atom. The summed E-state index contributed by atoms with van der Waals surface area (Å²) in [5.74, 6) is -0.973. The topological polar surface area (TPSA) is 104 Å². The summed E-state index contributed by atoms with van der Waals surface area (Å²) in [6.07, 6.45) is -0.499. The zero-order valence-electron chi connectivity index (χ0n) is 13.8. The van der Waals surface area contributed by atoms with E-state index >= 15 is 0 Å². The van der Waals surface area contributed by atoms with Crippen LogP contribution in [-0.4, -0.2) is 15.6 Å². The van der Waals surface area contributed by atoms with Gasteiger partial charge in [0.15, 0.2) is 0 Å². The number of ether oxygens (including phenoxy) is 1. The van der Waals surface area contributed by atoms with Gasteiger partial charge in [0.1, 0.15) is 23.4 Å². The van der Waals surface area contributed by atoms with E-state index in [1.165, 1.54) is 24.3 Å². The Balaban J connectivity index is 2.01. The number of phenols is 1. The first-order chi connectivity index (χ1) is 11.8. The molecule has 0 fully saturated rings. The molecule has 6 nitrogen and oxygen atoms in total. The van der Waals surface area contributed by atoms with Gasteiger partial charge in [0.2, 0.25) is 0 Å². The molecular weight excluding hydrogens is 325 g/mol. The summed E-state index contributed by atoms with van der Waals surface area (Å²) >= 11 is 0. The molecule has 5 N–H and O–H groups in total. The average Bonchev–Trinajstić information content (AvgIpc) is 2.86. The minimum atomic E-state index is -0.714. The first kappa shape index (κ1) is 16.6. The van der Waals surface area contributed by atoms with Crippen LogP contribution in [0.15, 0.2) is 36.4 Å². The Bertz CT molecular complexity index is 981. The third-order valence-corrected chi connectivity index (χ3v) is 4.12. The van der Waals surface area contributed by atoms with Crippen molar-refractivity contribution in [2.75, 3.05) is 5.73 Å². The minimum absolute atomic E-state index is 0.0704. The molecule has 0 aliphatic carbocycles. The van der Waals surface area contributed by atoms with E-state index in [0.717, 1.165) is 0 Å². The number of hydrogen-bond acceptors (Lipinski definition) is 4. The highest BCUT2D eigenvalue weighted by Gasteiger charge is 2.19. The molecule has 3 rings (SSSR count). The van der Waals surface area contributed by atoms with Crippen molar-refractivity contribution in [2.45, 2.75) is 13.0 Å². The molecule has 1 aromatic heterocycles. The third-order valence-electron chi connectivity index (χ3n) is 4.12. The molecule has 7 heteroatoms. The van der Waals surface area contributed by atoms with Gasteiger partial charge in [-0.05, 0) is 43.3 Å². The van der Waals surface area contributed by atoms with Gasteiger partial charge in [-0.15, -0.1) is 0 Å². The zero-order chi connectivity index (χ0) is 18.3. The lowest BCUT2D eigenvalue weighted by molar-refractivity contribution is 0.0993. The molecule has 1 atom stereocenters. The first-order valence-corrected chi connectivity index (χ1v) is 7.61. The fraction of sp³-hybridized carbons (Fsp3) is 0.167. The predicted molar refractivity (Wildman–Crippen MR) is 93.0 cm³/mol. The Hall–Kier alpha value is -3.22. The van der Waals surface area contributed by atoms with Crippen LogP contribution in [0, 0.1) is 5.82 Å². The molecule has 0 radical (unpaired) electrons. The number of hydrogen-bond donors (Lipinski definition) is 3. The minimum Gasteiger partial charge on any atom is -0.508 e. The SMILES string of the molecule is C[C@@H](Oc1ccc(O)cc1C(N)=O)c1cc2c(F)cc(N)cc2n1C. The summed E-state index contributed by atoms with van der Waals surface area (Å²) in [5.41, 5.74) is 12.8. The van der Waals surface area contributed by atoms with Crippen LogP contribution in [0.5, 0.6) is 11.5 Å². The second-order valence-corrected chi connectivity index (χ2v) is 5.87. The summed E-state index contributed by atoms with van der Waals surface area (Å²) in [6.45, 7) is 1.77. The van der Waals surface area contributed by atoms with Gasteiger partial charge in [0.05, 0.1) is 16.8 Å². The normalized spacial score (nSPS) is 12.3. The Kier molecular flexibility index (Phi) is 4.00. The molecule has 0 saturated carbocycles. The van der Waals surface area contributed by atoms with Crippen LogP contribution in [0.25, 0.3) is 10.9 Å². The maximum absolute atomic E-state index is 14.1. The monoisotopic (exact) mass is 343 g/mol. The van der Waals surface area contributed by atoms with Crippen LogP contribution >= 0.6 is 0 Å². The molecule has 2 aromatic carbocycles. The molecular formula is C18H18FN3O3. The number of nitrogens with zero attached hydrogens (tertiary/aromatic N) is 1. The van der Waals surface area contributed by atoms with Crippen molar-refractivity contribution in [3.05, 3.63) is 53.5 Å². The number of fused-ring (bicyclic) bond motifs is 1. The van der Waals surface area contributed by atoms with Crippen molar-refractivity contribution in [1.82, 2.24) is 4.57 Å². The number of phenolic OH excluding ortho intramolecular Hbond substituents is 1. The van der Waals surface area contributed by atoms with Gasteiger partial charge in [-0.3, -0.25) is 4.79 Å². The summed E-state index contributed by atoms with van der Waals surface area (Å²) in [4.78, 5) is 11.5. The van der Waals surface area contributed by atoms with Crippen LogP contribution in [0.3, 0.4) is 0 Å². The van der Waals surface area contributed by atoms with Gasteiger partial charge < -0.3 is 25.9 Å². The van der Waals surface area contributed by atoms with Crippen LogP contribution in [-0.2, 0) is 7.05 Å². The second-order valence-electron chi connectivity index (χ2n) is 5.87. The number of nitrogens with two attached hydrogens (primary N) is 2. The number of aromatic nitrogens is 1. The molecule has 1 heterocycles. The number of halogens is 1. The lowest BCUT2D eigenvalue weighted by atomic mass is 10.1. The molecule has 0 unspecified atom stereocenters. The molecule has 3 aromatic rings. The van der Waals surface area contributed by atoms with E-state index in [1.807, 2.05) is 0 Å². The van der Waals surface area contributed by atoms with E-state index in [-0.39, 0.29) is 17.1 Å². The number of amides is 1. The predicted octanol–water partition coefficient (Wildman–Crippen LogP) is 2.84. The van der Waals surface area contributed by atoms with Gasteiger partial charge in [-0.2, -0.15) is 0 Å². The van der Waals surface area contributed by atoms with E-state index < -0.39 is 17.8 Å². The van der Waals surface area contributed by atoms with E-state index in [2.05, 4.69) is 0 Å². The molecule has 130 valence electrons. The lowest BCUT2D eigenvalue weighted by Gasteiger charge is -2.17. The highest BCUT2D eigenvalue weighted by atomic mass is 19.1. The van der Waals surface area contributed by atoms with E-state index in [0.29, 0.717) is 22.3 Å². The first-order valence-electron chi connectivity index (χ1n) is 7.61. The maximum Gasteiger partial charge on any atom is 0.252 e. The third kappa shape index (κ3) is 2.96. The molecule has 25 heavy (non-hydrogen) atoms. The average molecular weight is 343 g/mol. The van der Waals surface area contributed by atoms with Crippen molar-refractivity contribution in [2.24, 2.45) is 12.8 Å². The van der Waals surface area contributed by atoms with Gasteiger partial charge >= 0.3 is 0 Å². The van der Waals surface area contributed by atoms with Crippen molar-refractivity contribution in [3.63, 3.8) is 0 Å². The van der Waals surface area contributed by atoms with E-state index in [1.54, 1.807) is 30.7 Å².